The molecule has 1 atom stereocenters. The minimum absolute atomic E-state index is 0.0196. The quantitative estimate of drug-likeness (QED) is 0.751. The number of carboxylic acid groups (broad SMARTS) is 1. The van der Waals surface area contributed by atoms with Gasteiger partial charge in [-0.05, 0) is 47.4 Å². The Bertz CT molecular complexity index is 802. The molecule has 1 aliphatic rings. The van der Waals surface area contributed by atoms with E-state index in [-0.39, 0.29) is 18.1 Å². The molecule has 3 nitrogen and oxygen atoms in total. The second-order valence-electron chi connectivity index (χ2n) is 5.79. The number of aromatic hydroxyl groups is 1. The fourth-order valence-corrected chi connectivity index (χ4v) is 3.30. The first-order valence-corrected chi connectivity index (χ1v) is 8.51. The zero-order chi connectivity index (χ0) is 17.1. The number of rotatable bonds is 5. The molecule has 0 unspecified atom stereocenters. The number of aliphatic carboxylic acids is 1. The highest BCUT2D eigenvalue weighted by molar-refractivity contribution is 9.10. The van der Waals surface area contributed by atoms with Crippen LogP contribution < -0.4 is 0 Å². The second-order valence-corrected chi connectivity index (χ2v) is 6.70. The first-order chi connectivity index (χ1) is 11.5. The van der Waals surface area contributed by atoms with Gasteiger partial charge in [0.2, 0.25) is 0 Å². The van der Waals surface area contributed by atoms with Gasteiger partial charge in [-0.2, -0.15) is 0 Å². The molecule has 122 valence electrons. The Labute approximate surface area is 149 Å². The van der Waals surface area contributed by atoms with Crippen LogP contribution in [0.1, 0.15) is 29.9 Å². The Hall–Kier alpha value is -2.33. The summed E-state index contributed by atoms with van der Waals surface area (Å²) in [6, 6.07) is 15.2. The first kappa shape index (κ1) is 16.5. The van der Waals surface area contributed by atoms with Gasteiger partial charge in [0.1, 0.15) is 5.75 Å². The van der Waals surface area contributed by atoms with Crippen LogP contribution in [0.2, 0.25) is 0 Å². The van der Waals surface area contributed by atoms with Crippen LogP contribution in [0.5, 0.6) is 5.75 Å². The molecule has 0 fully saturated rings. The number of allylic oxidation sites excluding steroid dienone is 4. The third-order valence-corrected chi connectivity index (χ3v) is 4.72. The molecule has 0 amide bonds. The Morgan fingerprint density at radius 2 is 1.67 bits per heavy atom. The van der Waals surface area contributed by atoms with Gasteiger partial charge in [0.25, 0.3) is 0 Å². The predicted octanol–water partition coefficient (Wildman–Crippen LogP) is 5.13. The lowest BCUT2D eigenvalue weighted by Gasteiger charge is -2.20. The van der Waals surface area contributed by atoms with E-state index in [2.05, 4.69) is 34.1 Å². The number of carboxylic acids is 1. The first-order valence-electron chi connectivity index (χ1n) is 7.72. The highest BCUT2D eigenvalue weighted by Crippen LogP contribution is 2.44. The molecule has 3 rings (SSSR count). The summed E-state index contributed by atoms with van der Waals surface area (Å²) in [6.45, 7) is 0. The number of halogens is 1. The number of hydrogen-bond acceptors (Lipinski definition) is 2. The molecule has 4 heteroatoms. The van der Waals surface area contributed by atoms with Gasteiger partial charge in [-0.3, -0.25) is 4.79 Å². The molecule has 0 saturated carbocycles. The maximum atomic E-state index is 11.0. The van der Waals surface area contributed by atoms with E-state index < -0.39 is 5.97 Å². The average Bonchev–Trinajstić information content (AvgIpc) is 2.98. The number of benzene rings is 2. The van der Waals surface area contributed by atoms with E-state index in [0.29, 0.717) is 6.42 Å². The highest BCUT2D eigenvalue weighted by Gasteiger charge is 2.26. The summed E-state index contributed by atoms with van der Waals surface area (Å²) in [6.07, 6.45) is 4.72. The summed E-state index contributed by atoms with van der Waals surface area (Å²) in [5.74, 6) is -0.550. The lowest BCUT2D eigenvalue weighted by molar-refractivity contribution is -0.136. The lowest BCUT2D eigenvalue weighted by atomic mass is 9.83. The van der Waals surface area contributed by atoms with Crippen LogP contribution in [0.25, 0.3) is 5.57 Å². The van der Waals surface area contributed by atoms with Crippen molar-refractivity contribution in [3.05, 3.63) is 81.9 Å². The fraction of sp³-hybridized carbons (Fsp3) is 0.150. The number of carbonyl (C=O) groups is 1. The van der Waals surface area contributed by atoms with Crippen molar-refractivity contribution in [2.45, 2.75) is 18.8 Å². The molecule has 2 aromatic carbocycles. The number of hydrogen-bond donors (Lipinski definition) is 2. The molecular weight excluding hydrogens is 368 g/mol. The molecule has 2 aromatic rings. The Kier molecular flexibility index (Phi) is 4.86. The molecule has 0 aliphatic heterocycles. The SMILES string of the molecule is O=C(O)CCC1=CC=C(c2ccc(Br)cc2)[C@H]1c1ccc(O)cc1. The predicted molar refractivity (Wildman–Crippen MR) is 97.9 cm³/mol. The Balaban J connectivity index is 1.95. The van der Waals surface area contributed by atoms with Gasteiger partial charge < -0.3 is 10.2 Å². The van der Waals surface area contributed by atoms with Crippen molar-refractivity contribution in [3.8, 4) is 5.75 Å². The summed E-state index contributed by atoms with van der Waals surface area (Å²) < 4.78 is 1.02. The maximum absolute atomic E-state index is 11.0. The fourth-order valence-electron chi connectivity index (χ4n) is 3.03. The summed E-state index contributed by atoms with van der Waals surface area (Å²) in [4.78, 5) is 11.0. The summed E-state index contributed by atoms with van der Waals surface area (Å²) in [5.41, 5.74) is 4.39. The van der Waals surface area contributed by atoms with E-state index in [0.717, 1.165) is 26.7 Å². The number of phenolic OH excluding ortho intramolecular Hbond substituents is 1. The Morgan fingerprint density at radius 3 is 2.29 bits per heavy atom. The van der Waals surface area contributed by atoms with Crippen molar-refractivity contribution in [2.24, 2.45) is 0 Å². The average molecular weight is 385 g/mol. The topological polar surface area (TPSA) is 57.5 Å². The summed E-state index contributed by atoms with van der Waals surface area (Å²) >= 11 is 3.45. The van der Waals surface area contributed by atoms with Crippen LogP contribution >= 0.6 is 15.9 Å². The number of phenols is 1. The van der Waals surface area contributed by atoms with E-state index in [1.807, 2.05) is 30.3 Å². The van der Waals surface area contributed by atoms with Crippen molar-refractivity contribution < 1.29 is 15.0 Å². The van der Waals surface area contributed by atoms with E-state index >= 15 is 0 Å². The summed E-state index contributed by atoms with van der Waals surface area (Å²) in [7, 11) is 0. The zero-order valence-electron chi connectivity index (χ0n) is 12.9. The van der Waals surface area contributed by atoms with Gasteiger partial charge >= 0.3 is 5.97 Å². The van der Waals surface area contributed by atoms with Gasteiger partial charge in [-0.1, -0.05) is 57.9 Å². The largest absolute Gasteiger partial charge is 0.508 e. The van der Waals surface area contributed by atoms with Crippen LogP contribution in [-0.4, -0.2) is 16.2 Å². The van der Waals surface area contributed by atoms with Crippen LogP contribution in [0.15, 0.2) is 70.7 Å². The zero-order valence-corrected chi connectivity index (χ0v) is 14.5. The van der Waals surface area contributed by atoms with Crippen molar-refractivity contribution in [3.63, 3.8) is 0 Å². The van der Waals surface area contributed by atoms with Crippen LogP contribution in [0, 0.1) is 0 Å². The van der Waals surface area contributed by atoms with Crippen LogP contribution in [0.4, 0.5) is 0 Å². The molecule has 0 heterocycles. The van der Waals surface area contributed by atoms with Crippen molar-refractivity contribution in [1.29, 1.82) is 0 Å². The lowest BCUT2D eigenvalue weighted by Crippen LogP contribution is -2.05. The molecule has 24 heavy (non-hydrogen) atoms. The molecule has 1 aliphatic carbocycles. The monoisotopic (exact) mass is 384 g/mol. The van der Waals surface area contributed by atoms with Gasteiger partial charge in [0, 0.05) is 16.8 Å². The van der Waals surface area contributed by atoms with Gasteiger partial charge in [0.05, 0.1) is 0 Å². The van der Waals surface area contributed by atoms with Crippen molar-refractivity contribution in [2.75, 3.05) is 0 Å². The molecule has 2 N–H and O–H groups in total. The van der Waals surface area contributed by atoms with E-state index in [1.165, 1.54) is 0 Å². The van der Waals surface area contributed by atoms with Gasteiger partial charge in [-0.25, -0.2) is 0 Å². The highest BCUT2D eigenvalue weighted by atomic mass is 79.9. The molecule has 0 bridgehead atoms. The van der Waals surface area contributed by atoms with Crippen molar-refractivity contribution in [1.82, 2.24) is 0 Å². The van der Waals surface area contributed by atoms with Crippen LogP contribution in [-0.2, 0) is 4.79 Å². The second kappa shape index (κ2) is 7.05. The van der Waals surface area contributed by atoms with Gasteiger partial charge in [-0.15, -0.1) is 0 Å². The van der Waals surface area contributed by atoms with E-state index in [9.17, 15) is 9.90 Å². The third kappa shape index (κ3) is 3.60. The standard InChI is InChI=1S/C20H17BrO3/c21-16-7-1-13(2-8-16)18-11-5-15(6-12-19(23)24)20(18)14-3-9-17(22)10-4-14/h1-5,7-11,20,22H,6,12H2,(H,23,24)/t20-/m0/s1. The van der Waals surface area contributed by atoms with Crippen LogP contribution in [0.3, 0.4) is 0 Å². The van der Waals surface area contributed by atoms with Crippen molar-refractivity contribution >= 4 is 27.5 Å². The minimum atomic E-state index is -0.794. The van der Waals surface area contributed by atoms with Gasteiger partial charge in [0.15, 0.2) is 0 Å². The molecule has 0 saturated heterocycles. The maximum Gasteiger partial charge on any atom is 0.303 e. The third-order valence-electron chi connectivity index (χ3n) is 4.19. The smallest absolute Gasteiger partial charge is 0.303 e. The van der Waals surface area contributed by atoms with E-state index in [1.54, 1.807) is 12.1 Å². The summed E-state index contributed by atoms with van der Waals surface area (Å²) in [5, 5.41) is 18.5. The van der Waals surface area contributed by atoms with E-state index in [4.69, 9.17) is 5.11 Å². The molecular formula is C20H17BrO3. The molecule has 0 aromatic heterocycles. The normalized spacial score (nSPS) is 16.6. The molecule has 0 spiro atoms. The Morgan fingerprint density at radius 1 is 1.00 bits per heavy atom. The molecule has 0 radical (unpaired) electrons. The minimum Gasteiger partial charge on any atom is -0.508 e.